The molecule has 11 nitrogen and oxygen atoms in total. The zero-order chi connectivity index (χ0) is 39.8. The molecule has 4 aliphatic heterocycles. The van der Waals surface area contributed by atoms with E-state index in [0.717, 1.165) is 22.0 Å². The molecule has 2 aromatic rings. The van der Waals surface area contributed by atoms with Crippen molar-refractivity contribution in [3.05, 3.63) is 59.7 Å². The van der Waals surface area contributed by atoms with Crippen molar-refractivity contribution in [1.29, 1.82) is 0 Å². The fourth-order valence-electron chi connectivity index (χ4n) is 9.37. The Balaban J connectivity index is 1.41. The molecule has 4 aliphatic rings. The highest BCUT2D eigenvalue weighted by atomic mass is 16.7. The summed E-state index contributed by atoms with van der Waals surface area (Å²) >= 11 is 0. The van der Waals surface area contributed by atoms with Gasteiger partial charge in [-0.2, -0.15) is 0 Å². The van der Waals surface area contributed by atoms with Crippen LogP contribution in [0.5, 0.6) is 0 Å². The molecule has 6 rings (SSSR count). The molecular formula is C44H59N3O8. The zero-order valence-electron chi connectivity index (χ0n) is 34.1. The molecule has 1 N–H and O–H groups in total. The molecule has 0 radical (unpaired) electrons. The van der Waals surface area contributed by atoms with Gasteiger partial charge in [0.25, 0.3) is 0 Å². The van der Waals surface area contributed by atoms with Gasteiger partial charge in [0.05, 0.1) is 30.4 Å². The Hall–Kier alpha value is -3.79. The molecule has 55 heavy (non-hydrogen) atoms. The molecule has 0 spiro atoms. The first-order valence-corrected chi connectivity index (χ1v) is 19.7. The summed E-state index contributed by atoms with van der Waals surface area (Å²) in [6.07, 6.45) is -1.01. The molecule has 0 saturated carbocycles. The lowest BCUT2D eigenvalue weighted by Gasteiger charge is -2.47. The number of aliphatic imine (C=N–C) groups is 1. The maximum absolute atomic E-state index is 13.8. The van der Waals surface area contributed by atoms with Gasteiger partial charge < -0.3 is 33.7 Å². The third-order valence-electron chi connectivity index (χ3n) is 12.3. The largest absolute Gasteiger partial charge is 0.455 e. The van der Waals surface area contributed by atoms with Crippen molar-refractivity contribution in [1.82, 2.24) is 9.80 Å². The average molecular weight is 758 g/mol. The summed E-state index contributed by atoms with van der Waals surface area (Å²) in [4.78, 5) is 36.0. The Morgan fingerprint density at radius 1 is 1.05 bits per heavy atom. The van der Waals surface area contributed by atoms with Crippen LogP contribution in [-0.4, -0.2) is 120 Å². The number of nitrogens with zero attached hydrogens (tertiary/aromatic N) is 3. The Labute approximate surface area is 326 Å². The summed E-state index contributed by atoms with van der Waals surface area (Å²) in [5, 5.41) is 13.9. The maximum Gasteiger partial charge on any atom is 0.410 e. The van der Waals surface area contributed by atoms with E-state index in [9.17, 15) is 14.7 Å². The summed E-state index contributed by atoms with van der Waals surface area (Å²) in [7, 11) is 3.89. The van der Waals surface area contributed by atoms with Gasteiger partial charge in [0.1, 0.15) is 18.8 Å². The quantitative estimate of drug-likeness (QED) is 0.290. The van der Waals surface area contributed by atoms with Crippen molar-refractivity contribution in [2.75, 3.05) is 33.8 Å². The van der Waals surface area contributed by atoms with Gasteiger partial charge >= 0.3 is 12.1 Å². The second kappa shape index (κ2) is 16.4. The van der Waals surface area contributed by atoms with E-state index in [0.29, 0.717) is 31.5 Å². The number of hydrogen-bond acceptors (Lipinski definition) is 10. The molecule has 2 aromatic carbocycles. The predicted molar refractivity (Wildman–Crippen MR) is 212 cm³/mol. The zero-order valence-corrected chi connectivity index (χ0v) is 34.1. The second-order valence-corrected chi connectivity index (χ2v) is 16.7. The topological polar surface area (TPSA) is 119 Å². The molecule has 4 heterocycles. The van der Waals surface area contributed by atoms with Crippen LogP contribution in [0.2, 0.25) is 0 Å². The normalized spacial score (nSPS) is 38.1. The number of rotatable bonds is 5. The van der Waals surface area contributed by atoms with E-state index in [1.165, 1.54) is 0 Å². The molecule has 0 aliphatic carbocycles. The number of aliphatic hydroxyl groups excluding tert-OH is 1. The molecule has 298 valence electrons. The van der Waals surface area contributed by atoms with Crippen molar-refractivity contribution >= 4 is 28.5 Å². The average Bonchev–Trinajstić information content (AvgIpc) is 3.26. The van der Waals surface area contributed by atoms with Crippen LogP contribution < -0.4 is 0 Å². The number of ether oxygens (including phenoxy) is 5. The molecule has 2 fully saturated rings. The van der Waals surface area contributed by atoms with Crippen LogP contribution in [0.4, 0.5) is 4.79 Å². The summed E-state index contributed by atoms with van der Waals surface area (Å²) < 4.78 is 32.3. The molecule has 2 saturated heterocycles. The van der Waals surface area contributed by atoms with Crippen LogP contribution >= 0.6 is 0 Å². The van der Waals surface area contributed by atoms with Gasteiger partial charge in [0.2, 0.25) is 0 Å². The van der Waals surface area contributed by atoms with Gasteiger partial charge in [-0.05, 0) is 90.4 Å². The minimum Gasteiger partial charge on any atom is -0.455 e. The monoisotopic (exact) mass is 757 g/mol. The van der Waals surface area contributed by atoms with Crippen LogP contribution in [0.25, 0.3) is 10.8 Å². The number of carbonyl (C=O) groups is 2. The van der Waals surface area contributed by atoms with Gasteiger partial charge in [0, 0.05) is 41.3 Å². The van der Waals surface area contributed by atoms with E-state index in [1.807, 2.05) is 71.0 Å². The number of likely N-dealkylation sites (N-methyl/N-ethyl adjacent to an activating group) is 1. The highest BCUT2D eigenvalue weighted by Gasteiger charge is 2.59. The number of hydrogen-bond donors (Lipinski definition) is 1. The lowest BCUT2D eigenvalue weighted by Crippen LogP contribution is -2.59. The van der Waals surface area contributed by atoms with E-state index in [4.69, 9.17) is 28.7 Å². The lowest BCUT2D eigenvalue weighted by molar-refractivity contribution is -0.295. The third kappa shape index (κ3) is 8.35. The van der Waals surface area contributed by atoms with E-state index in [-0.39, 0.29) is 30.6 Å². The van der Waals surface area contributed by atoms with Gasteiger partial charge in [-0.15, -0.1) is 0 Å². The number of benzene rings is 2. The summed E-state index contributed by atoms with van der Waals surface area (Å²) in [6.45, 7) is 16.4. The molecule has 2 bridgehead atoms. The van der Waals surface area contributed by atoms with Crippen molar-refractivity contribution in [2.24, 2.45) is 22.7 Å². The van der Waals surface area contributed by atoms with Gasteiger partial charge in [0.15, 0.2) is 11.9 Å². The Kier molecular flexibility index (Phi) is 12.2. The van der Waals surface area contributed by atoms with Crippen molar-refractivity contribution in [3.63, 3.8) is 0 Å². The number of fused-ring (bicyclic) bond motifs is 2. The Morgan fingerprint density at radius 2 is 1.78 bits per heavy atom. The summed E-state index contributed by atoms with van der Waals surface area (Å²) in [5.74, 6) is 5.24. The smallest absolute Gasteiger partial charge is 0.410 e. The van der Waals surface area contributed by atoms with Gasteiger partial charge in [-0.3, -0.25) is 9.89 Å². The number of aliphatic hydroxyl groups is 1. The summed E-state index contributed by atoms with van der Waals surface area (Å²) in [5.41, 5.74) is 0.0427. The van der Waals surface area contributed by atoms with Gasteiger partial charge in [-0.1, -0.05) is 69.0 Å². The first-order chi connectivity index (χ1) is 26.0. The van der Waals surface area contributed by atoms with E-state index in [1.54, 1.807) is 18.7 Å². The third-order valence-corrected chi connectivity index (χ3v) is 12.3. The number of amides is 1. The van der Waals surface area contributed by atoms with E-state index >= 15 is 0 Å². The number of esters is 1. The van der Waals surface area contributed by atoms with Crippen LogP contribution in [0.3, 0.4) is 0 Å². The van der Waals surface area contributed by atoms with E-state index < -0.39 is 59.8 Å². The van der Waals surface area contributed by atoms with E-state index in [2.05, 4.69) is 50.0 Å². The highest BCUT2D eigenvalue weighted by molar-refractivity contribution is 5.91. The number of carbonyl (C=O) groups excluding carboxylic acids is 2. The van der Waals surface area contributed by atoms with Crippen molar-refractivity contribution < 1.29 is 38.4 Å². The van der Waals surface area contributed by atoms with Gasteiger partial charge in [-0.25, -0.2) is 9.59 Å². The minimum atomic E-state index is -1.11. The summed E-state index contributed by atoms with van der Waals surface area (Å²) in [6, 6.07) is 13.7. The molecule has 0 aromatic heterocycles. The molecule has 1 amide bonds. The van der Waals surface area contributed by atoms with Crippen LogP contribution in [-0.2, 0) is 28.5 Å². The van der Waals surface area contributed by atoms with Crippen molar-refractivity contribution in [3.8, 4) is 11.8 Å². The molecule has 1 unspecified atom stereocenters. The standard InChI is InChI=1S/C44H59N3O8/c1-26-22-27(2)40(49)53-31(6)44(8)38-30(5)36(45-19-20-47(38)42(50)55-44)28(3)25-43(7,39(26)54-41-37(48)35(46(9)10)23-29(4)52-41)51-21-13-14-32-17-18-33-15-11-12-16-34(33)24-32/h11-12,15-18,22,24,26,28-31,35,37-39,41,48H,19-21,23,25H2,1-10H3/b27-22+/t26-,28+,29-,30+,31-,35+,37?,38+,39+,41+,43-,44+/m0/s1. The Morgan fingerprint density at radius 3 is 2.51 bits per heavy atom. The Bertz CT molecular complexity index is 1870. The first-order valence-electron chi connectivity index (χ1n) is 19.7. The fraction of sp³-hybridized carbons (Fsp3) is 0.614. The number of cyclic esters (lactones) is 1. The SMILES string of the molecule is C/C1=C\[C@H](C)[C@@H](O[C@H]2O[C@@H](C)C[C@@H](N(C)C)C2O)[C@@](C)(OCC#Cc2ccc3ccccc3c2)C[C@@H](C)C2=NCCN3C(=O)O[C@](C)([C@H](C)OC1=O)[C@H]3[C@@H]2C. The highest BCUT2D eigenvalue weighted by Crippen LogP contribution is 2.43. The first kappa shape index (κ1) is 40.9. The molecule has 11 heteroatoms. The van der Waals surface area contributed by atoms with Crippen LogP contribution in [0, 0.1) is 29.6 Å². The molecule has 12 atom stereocenters. The molecular weight excluding hydrogens is 698 g/mol. The lowest BCUT2D eigenvalue weighted by atomic mass is 9.74. The predicted octanol–water partition coefficient (Wildman–Crippen LogP) is 6.00. The van der Waals surface area contributed by atoms with Crippen LogP contribution in [0.15, 0.2) is 59.1 Å². The van der Waals surface area contributed by atoms with Crippen LogP contribution in [0.1, 0.15) is 73.8 Å². The maximum atomic E-state index is 13.8. The van der Waals surface area contributed by atoms with Crippen molar-refractivity contribution in [2.45, 2.75) is 122 Å². The minimum absolute atomic E-state index is 0.0918. The second-order valence-electron chi connectivity index (χ2n) is 16.7. The fourth-order valence-corrected chi connectivity index (χ4v) is 9.37.